The lowest BCUT2D eigenvalue weighted by Crippen LogP contribution is -2.86. The fraction of sp³-hybridized carbons (Fsp3) is 0.222. The summed E-state index contributed by atoms with van der Waals surface area (Å²) < 4.78 is 0. The molecule has 0 bridgehead atoms. The minimum atomic E-state index is -0.500. The third-order valence-electron chi connectivity index (χ3n) is 3.61. The number of hydrogen-bond acceptors (Lipinski definition) is 2. The third kappa shape index (κ3) is 4.93. The molecule has 5 nitrogen and oxygen atoms in total. The van der Waals surface area contributed by atoms with Crippen molar-refractivity contribution in [2.75, 3.05) is 7.05 Å². The van der Waals surface area contributed by atoms with Gasteiger partial charge in [0.2, 0.25) is 0 Å². The number of carbonyl (C=O) groups is 2. The molecule has 0 radical (unpaired) electrons. The Morgan fingerprint density at radius 1 is 1.04 bits per heavy atom. The zero-order chi connectivity index (χ0) is 16.7. The highest BCUT2D eigenvalue weighted by Crippen LogP contribution is 2.09. The van der Waals surface area contributed by atoms with Crippen molar-refractivity contribution < 1.29 is 14.9 Å². The van der Waals surface area contributed by atoms with Crippen LogP contribution in [0.5, 0.6) is 0 Å². The molecule has 1 atom stereocenters. The van der Waals surface area contributed by atoms with Gasteiger partial charge in [0, 0.05) is 18.2 Å². The van der Waals surface area contributed by atoms with E-state index in [1.807, 2.05) is 66.8 Å². The summed E-state index contributed by atoms with van der Waals surface area (Å²) in [6.45, 7) is 2.69. The summed E-state index contributed by atoms with van der Waals surface area (Å²) in [5.41, 5.74) is 3.19. The summed E-state index contributed by atoms with van der Waals surface area (Å²) in [7, 11) is 1.48. The van der Waals surface area contributed by atoms with E-state index >= 15 is 0 Å². The van der Waals surface area contributed by atoms with E-state index in [1.165, 1.54) is 12.6 Å². The second-order valence-corrected chi connectivity index (χ2v) is 5.38. The van der Waals surface area contributed by atoms with E-state index < -0.39 is 12.1 Å². The number of benzene rings is 2. The van der Waals surface area contributed by atoms with E-state index in [0.717, 1.165) is 11.1 Å². The van der Waals surface area contributed by atoms with Crippen LogP contribution in [0.25, 0.3) is 0 Å². The minimum absolute atomic E-state index is 0.331. The number of aryl methyl sites for hydroxylation is 1. The summed E-state index contributed by atoms with van der Waals surface area (Å²) in [6.07, 6.45) is 0. The molecule has 0 aliphatic heterocycles. The maximum Gasteiger partial charge on any atom is 0.321 e. The molecule has 0 aromatic heterocycles. The molecule has 0 aliphatic carbocycles. The lowest BCUT2D eigenvalue weighted by molar-refractivity contribution is -0.698. The number of nitrogens with two attached hydrogens (primary N) is 1. The number of carbonyl (C=O) groups excluding carboxylic acids is 2. The molecule has 2 rings (SSSR count). The fourth-order valence-corrected chi connectivity index (χ4v) is 2.29. The molecule has 3 amide bonds. The first-order chi connectivity index (χ1) is 11.1. The molecule has 0 saturated heterocycles. The van der Waals surface area contributed by atoms with Gasteiger partial charge in [-0.3, -0.25) is 10.1 Å². The average molecular weight is 312 g/mol. The minimum Gasteiger partial charge on any atom is -0.341 e. The normalized spacial score (nSPS) is 11.6. The van der Waals surface area contributed by atoms with E-state index in [4.69, 9.17) is 0 Å². The van der Waals surface area contributed by atoms with Crippen LogP contribution in [0.2, 0.25) is 0 Å². The number of amides is 3. The van der Waals surface area contributed by atoms with Gasteiger partial charge < -0.3 is 10.6 Å². The van der Waals surface area contributed by atoms with Gasteiger partial charge in [0.05, 0.1) is 0 Å². The summed E-state index contributed by atoms with van der Waals surface area (Å²) in [6, 6.07) is 16.7. The molecule has 0 saturated carbocycles. The predicted molar refractivity (Wildman–Crippen MR) is 88.6 cm³/mol. The number of nitrogens with one attached hydrogen (secondary N) is 2. The molecule has 2 aromatic carbocycles. The summed E-state index contributed by atoms with van der Waals surface area (Å²) in [5.74, 6) is -0.331. The van der Waals surface area contributed by atoms with Gasteiger partial charge in [-0.05, 0) is 6.92 Å². The maximum atomic E-state index is 12.4. The van der Waals surface area contributed by atoms with Crippen LogP contribution in [0.1, 0.15) is 22.7 Å². The molecular formula is C18H22N3O2+. The highest BCUT2D eigenvalue weighted by molar-refractivity contribution is 5.96. The van der Waals surface area contributed by atoms with E-state index in [-0.39, 0.29) is 5.91 Å². The highest BCUT2D eigenvalue weighted by atomic mass is 16.2. The average Bonchev–Trinajstić information content (AvgIpc) is 2.57. The topological polar surface area (TPSA) is 74.8 Å². The van der Waals surface area contributed by atoms with Crippen LogP contribution in [0.3, 0.4) is 0 Å². The standard InChI is InChI=1S/C18H21N3O2/c1-13-8-10-14(11-9-13)12-20-16(15-6-4-3-5-7-15)17(22)21-18(23)19-2/h3-11,16,20H,12H2,1-2H3,(H2,19,21,22,23)/p+1/t16-/m1/s1. The SMILES string of the molecule is CNC(=O)NC(=O)[C@H]([NH2+]Cc1ccc(C)cc1)c1ccccc1. The van der Waals surface area contributed by atoms with Crippen molar-refractivity contribution in [1.82, 2.24) is 10.6 Å². The molecular weight excluding hydrogens is 290 g/mol. The van der Waals surface area contributed by atoms with E-state index in [9.17, 15) is 9.59 Å². The van der Waals surface area contributed by atoms with E-state index in [0.29, 0.717) is 6.54 Å². The number of quaternary nitrogens is 1. The van der Waals surface area contributed by atoms with Crippen molar-refractivity contribution in [3.05, 3.63) is 71.3 Å². The molecule has 0 fully saturated rings. The van der Waals surface area contributed by atoms with Gasteiger partial charge >= 0.3 is 6.03 Å². The summed E-state index contributed by atoms with van der Waals surface area (Å²) >= 11 is 0. The Balaban J connectivity index is 2.11. The molecule has 5 heteroatoms. The Kier molecular flexibility index (Phi) is 5.88. The third-order valence-corrected chi connectivity index (χ3v) is 3.61. The Bertz CT molecular complexity index is 654. The van der Waals surface area contributed by atoms with Crippen LogP contribution in [0.4, 0.5) is 4.79 Å². The zero-order valence-electron chi connectivity index (χ0n) is 13.4. The monoisotopic (exact) mass is 312 g/mol. The Hall–Kier alpha value is -2.66. The molecule has 23 heavy (non-hydrogen) atoms. The van der Waals surface area contributed by atoms with Crippen LogP contribution in [-0.4, -0.2) is 19.0 Å². The molecule has 0 heterocycles. The van der Waals surface area contributed by atoms with Crippen molar-refractivity contribution >= 4 is 11.9 Å². The number of hydrogen-bond donors (Lipinski definition) is 3. The Labute approximate surface area is 136 Å². The van der Waals surface area contributed by atoms with Crippen LogP contribution in [0.15, 0.2) is 54.6 Å². The molecule has 2 aromatic rings. The molecule has 0 spiro atoms. The van der Waals surface area contributed by atoms with Crippen LogP contribution in [0, 0.1) is 6.92 Å². The lowest BCUT2D eigenvalue weighted by atomic mass is 10.1. The van der Waals surface area contributed by atoms with Crippen LogP contribution in [-0.2, 0) is 11.3 Å². The summed E-state index contributed by atoms with van der Waals surface area (Å²) in [4.78, 5) is 23.8. The number of imide groups is 1. The quantitative estimate of drug-likeness (QED) is 0.777. The number of urea groups is 1. The Morgan fingerprint density at radius 2 is 1.70 bits per heavy atom. The zero-order valence-corrected chi connectivity index (χ0v) is 13.4. The van der Waals surface area contributed by atoms with Crippen LogP contribution < -0.4 is 16.0 Å². The lowest BCUT2D eigenvalue weighted by Gasteiger charge is -2.15. The van der Waals surface area contributed by atoms with Crippen molar-refractivity contribution in [3.63, 3.8) is 0 Å². The fourth-order valence-electron chi connectivity index (χ4n) is 2.29. The molecule has 0 unspecified atom stereocenters. The van der Waals surface area contributed by atoms with Gasteiger partial charge in [-0.15, -0.1) is 0 Å². The maximum absolute atomic E-state index is 12.4. The first-order valence-electron chi connectivity index (χ1n) is 7.56. The van der Waals surface area contributed by atoms with Crippen molar-refractivity contribution in [2.45, 2.75) is 19.5 Å². The smallest absolute Gasteiger partial charge is 0.321 e. The van der Waals surface area contributed by atoms with Crippen molar-refractivity contribution in [3.8, 4) is 0 Å². The number of rotatable bonds is 5. The van der Waals surface area contributed by atoms with Gasteiger partial charge in [-0.1, -0.05) is 60.2 Å². The van der Waals surface area contributed by atoms with Gasteiger partial charge in [0.1, 0.15) is 6.54 Å². The second-order valence-electron chi connectivity index (χ2n) is 5.38. The van der Waals surface area contributed by atoms with Crippen molar-refractivity contribution in [1.29, 1.82) is 0 Å². The summed E-state index contributed by atoms with van der Waals surface area (Å²) in [5, 5.41) is 6.68. The molecule has 4 N–H and O–H groups in total. The molecule has 120 valence electrons. The first-order valence-corrected chi connectivity index (χ1v) is 7.56. The van der Waals surface area contributed by atoms with Crippen molar-refractivity contribution in [2.24, 2.45) is 0 Å². The van der Waals surface area contributed by atoms with Gasteiger partial charge in [-0.2, -0.15) is 0 Å². The highest BCUT2D eigenvalue weighted by Gasteiger charge is 2.25. The van der Waals surface area contributed by atoms with Crippen LogP contribution >= 0.6 is 0 Å². The predicted octanol–water partition coefficient (Wildman–Crippen LogP) is 1.26. The second kappa shape index (κ2) is 8.10. The van der Waals surface area contributed by atoms with Gasteiger partial charge in [-0.25, -0.2) is 4.79 Å². The first kappa shape index (κ1) is 16.7. The largest absolute Gasteiger partial charge is 0.341 e. The van der Waals surface area contributed by atoms with Gasteiger partial charge in [0.25, 0.3) is 5.91 Å². The van der Waals surface area contributed by atoms with E-state index in [2.05, 4.69) is 10.6 Å². The van der Waals surface area contributed by atoms with Gasteiger partial charge in [0.15, 0.2) is 6.04 Å². The Morgan fingerprint density at radius 3 is 2.30 bits per heavy atom. The molecule has 0 aliphatic rings. The van der Waals surface area contributed by atoms with E-state index in [1.54, 1.807) is 0 Å².